The summed E-state index contributed by atoms with van der Waals surface area (Å²) >= 11 is 6.10. The van der Waals surface area contributed by atoms with Gasteiger partial charge in [-0.2, -0.15) is 0 Å². The first-order valence-corrected chi connectivity index (χ1v) is 13.5. The van der Waals surface area contributed by atoms with E-state index in [1.54, 1.807) is 12.1 Å². The number of benzene rings is 3. The monoisotopic (exact) mass is 567 g/mol. The summed E-state index contributed by atoms with van der Waals surface area (Å²) in [7, 11) is 1.15. The van der Waals surface area contributed by atoms with Crippen molar-refractivity contribution in [2.75, 3.05) is 20.2 Å². The number of piperidine rings is 1. The van der Waals surface area contributed by atoms with Gasteiger partial charge in [0.15, 0.2) is 5.82 Å². The molecule has 0 unspecified atom stereocenters. The van der Waals surface area contributed by atoms with E-state index in [0.717, 1.165) is 25.5 Å². The van der Waals surface area contributed by atoms with Gasteiger partial charge in [0.25, 0.3) is 0 Å². The summed E-state index contributed by atoms with van der Waals surface area (Å²) in [6, 6.07) is 14.4. The molecule has 0 aliphatic carbocycles. The molecule has 1 aliphatic rings. The van der Waals surface area contributed by atoms with Crippen LogP contribution in [0.3, 0.4) is 0 Å². The highest BCUT2D eigenvalue weighted by atomic mass is 35.5. The van der Waals surface area contributed by atoms with Crippen LogP contribution in [0.5, 0.6) is 0 Å². The van der Waals surface area contributed by atoms with Gasteiger partial charge in [0, 0.05) is 25.1 Å². The number of methoxy groups -OCH3 is 1. The van der Waals surface area contributed by atoms with E-state index >= 15 is 8.78 Å². The van der Waals surface area contributed by atoms with Gasteiger partial charge in [-0.15, -0.1) is 0 Å². The van der Waals surface area contributed by atoms with Crippen molar-refractivity contribution in [2.45, 2.75) is 38.6 Å². The van der Waals surface area contributed by atoms with Crippen molar-refractivity contribution >= 4 is 34.5 Å². The molecule has 0 saturated carbocycles. The molecular weight excluding hydrogens is 540 g/mol. The first kappa shape index (κ1) is 27.6. The lowest BCUT2D eigenvalue weighted by Crippen LogP contribution is -2.37. The third-order valence-corrected chi connectivity index (χ3v) is 7.86. The highest BCUT2D eigenvalue weighted by molar-refractivity contribution is 6.31. The van der Waals surface area contributed by atoms with Crippen LogP contribution in [0, 0.1) is 11.6 Å². The van der Waals surface area contributed by atoms with Gasteiger partial charge in [-0.05, 0) is 54.7 Å². The molecule has 1 aromatic heterocycles. The van der Waals surface area contributed by atoms with Crippen molar-refractivity contribution in [3.63, 3.8) is 0 Å². The molecule has 2 heterocycles. The lowest BCUT2D eigenvalue weighted by molar-refractivity contribution is -0.131. The number of hydrogen-bond acceptors (Lipinski definition) is 4. The zero-order valence-electron chi connectivity index (χ0n) is 22.1. The van der Waals surface area contributed by atoms with Gasteiger partial charge in [-0.3, -0.25) is 13.9 Å². The number of fused-ring (bicyclic) bond motifs is 1. The minimum Gasteiger partial charge on any atom is -0.465 e. The summed E-state index contributed by atoms with van der Waals surface area (Å²) in [5, 5.41) is -0.151. The molecule has 4 aromatic rings. The largest absolute Gasteiger partial charge is 0.465 e. The number of carbonyl (C=O) groups is 2. The van der Waals surface area contributed by atoms with Gasteiger partial charge in [0.05, 0.1) is 35.4 Å². The van der Waals surface area contributed by atoms with Crippen molar-refractivity contribution in [3.8, 4) is 5.69 Å². The maximum Gasteiger partial charge on any atom is 0.340 e. The zero-order valence-corrected chi connectivity index (χ0v) is 22.9. The Bertz CT molecular complexity index is 1650. The molecule has 1 saturated heterocycles. The fourth-order valence-electron chi connectivity index (χ4n) is 5.39. The third-order valence-electron chi connectivity index (χ3n) is 7.57. The van der Waals surface area contributed by atoms with E-state index in [2.05, 4.69) is 4.74 Å². The molecule has 0 spiro atoms. The predicted molar refractivity (Wildman–Crippen MR) is 148 cm³/mol. The molecule has 3 aromatic carbocycles. The highest BCUT2D eigenvalue weighted by Gasteiger charge is 2.25. The molecule has 5 rings (SSSR count). The Morgan fingerprint density at radius 2 is 1.70 bits per heavy atom. The second kappa shape index (κ2) is 11.3. The van der Waals surface area contributed by atoms with Crippen LogP contribution < -0.4 is 5.69 Å². The van der Waals surface area contributed by atoms with E-state index < -0.39 is 23.3 Å². The van der Waals surface area contributed by atoms with Crippen molar-refractivity contribution < 1.29 is 23.1 Å². The smallest absolute Gasteiger partial charge is 0.340 e. The van der Waals surface area contributed by atoms with Crippen LogP contribution in [-0.2, 0) is 16.1 Å². The highest BCUT2D eigenvalue weighted by Crippen LogP contribution is 2.31. The molecule has 0 N–H and O–H groups in total. The zero-order chi connectivity index (χ0) is 28.6. The second-order valence-corrected chi connectivity index (χ2v) is 10.2. The van der Waals surface area contributed by atoms with Crippen LogP contribution in [0.25, 0.3) is 16.7 Å². The lowest BCUT2D eigenvalue weighted by Gasteiger charge is -2.32. The first-order chi connectivity index (χ1) is 19.2. The summed E-state index contributed by atoms with van der Waals surface area (Å²) in [6.45, 7) is 3.01. The molecule has 0 bridgehead atoms. The maximum absolute atomic E-state index is 15.4. The van der Waals surface area contributed by atoms with Gasteiger partial charge in [-0.25, -0.2) is 18.4 Å². The molecule has 0 atom stereocenters. The maximum atomic E-state index is 15.4. The van der Waals surface area contributed by atoms with Gasteiger partial charge in [-0.1, -0.05) is 42.8 Å². The average molecular weight is 568 g/mol. The van der Waals surface area contributed by atoms with E-state index in [-0.39, 0.29) is 45.6 Å². The van der Waals surface area contributed by atoms with Crippen molar-refractivity contribution in [1.29, 1.82) is 0 Å². The topological polar surface area (TPSA) is 73.5 Å². The van der Waals surface area contributed by atoms with E-state index in [1.165, 1.54) is 39.5 Å². The Morgan fingerprint density at radius 3 is 2.35 bits per heavy atom. The SMILES string of the molecule is CCC(=O)N1CCC(c2ccc(-n3c(=O)n(Cc4cccc(C(=O)OC)c4F)c4ccc(Cl)c(F)c43)cc2)CC1. The number of nitrogens with zero attached hydrogens (tertiary/aromatic N) is 3. The Labute approximate surface area is 234 Å². The minimum atomic E-state index is -0.838. The minimum absolute atomic E-state index is 0.0267. The fourth-order valence-corrected chi connectivity index (χ4v) is 5.55. The van der Waals surface area contributed by atoms with Crippen LogP contribution in [0.1, 0.15) is 53.6 Å². The van der Waals surface area contributed by atoms with Crippen LogP contribution >= 0.6 is 11.6 Å². The van der Waals surface area contributed by atoms with Gasteiger partial charge >= 0.3 is 11.7 Å². The first-order valence-electron chi connectivity index (χ1n) is 13.1. The van der Waals surface area contributed by atoms with Crippen LogP contribution in [0.15, 0.2) is 59.4 Å². The van der Waals surface area contributed by atoms with Gasteiger partial charge in [0.1, 0.15) is 11.3 Å². The molecule has 1 aliphatic heterocycles. The quantitative estimate of drug-likeness (QED) is 0.281. The molecule has 1 amide bonds. The third kappa shape index (κ3) is 4.90. The average Bonchev–Trinajstić information content (AvgIpc) is 3.26. The Kier molecular flexibility index (Phi) is 7.76. The van der Waals surface area contributed by atoms with E-state index in [0.29, 0.717) is 25.2 Å². The number of carbonyl (C=O) groups excluding carboxylic acids is 2. The summed E-state index contributed by atoms with van der Waals surface area (Å²) in [6.07, 6.45) is 2.17. The number of hydrogen-bond donors (Lipinski definition) is 0. The Hall–Kier alpha value is -3.98. The van der Waals surface area contributed by atoms with Crippen molar-refractivity contribution in [1.82, 2.24) is 14.0 Å². The van der Waals surface area contributed by atoms with E-state index in [4.69, 9.17) is 11.6 Å². The molecule has 0 radical (unpaired) electrons. The second-order valence-electron chi connectivity index (χ2n) is 9.80. The number of likely N-dealkylation sites (tertiary alicyclic amines) is 1. The molecule has 40 heavy (non-hydrogen) atoms. The number of halogens is 3. The summed E-state index contributed by atoms with van der Waals surface area (Å²) in [5.74, 6) is -2.00. The molecule has 10 heteroatoms. The molecule has 208 valence electrons. The van der Waals surface area contributed by atoms with Crippen molar-refractivity contribution in [3.05, 3.63) is 98.4 Å². The summed E-state index contributed by atoms with van der Waals surface area (Å²) in [4.78, 5) is 39.6. The van der Waals surface area contributed by atoms with Gasteiger partial charge in [0.2, 0.25) is 5.91 Å². The molecule has 7 nitrogen and oxygen atoms in total. The van der Waals surface area contributed by atoms with Crippen LogP contribution in [0.2, 0.25) is 5.02 Å². The molecular formula is C30H28ClF2N3O4. The fraction of sp³-hybridized carbons (Fsp3) is 0.300. The lowest BCUT2D eigenvalue weighted by atomic mass is 9.89. The molecule has 1 fully saturated rings. The van der Waals surface area contributed by atoms with Crippen molar-refractivity contribution in [2.24, 2.45) is 0 Å². The summed E-state index contributed by atoms with van der Waals surface area (Å²) < 4.78 is 37.7. The number of ether oxygens (including phenoxy) is 1. The number of amides is 1. The van der Waals surface area contributed by atoms with Gasteiger partial charge < -0.3 is 9.64 Å². The van der Waals surface area contributed by atoms with Crippen LogP contribution in [-0.4, -0.2) is 46.1 Å². The van der Waals surface area contributed by atoms with E-state index in [1.807, 2.05) is 24.0 Å². The number of esters is 1. The number of rotatable bonds is 6. The summed E-state index contributed by atoms with van der Waals surface area (Å²) in [5.41, 5.74) is 0.936. The van der Waals surface area contributed by atoms with E-state index in [9.17, 15) is 14.4 Å². The normalized spacial score (nSPS) is 14.1. The van der Waals surface area contributed by atoms with Crippen LogP contribution in [0.4, 0.5) is 8.78 Å². The number of aromatic nitrogens is 2. The standard InChI is InChI=1S/C30H28ClF2N3O4/c1-3-25(37)34-15-13-19(14-16-34)18-7-9-21(10-8-18)36-28-24(12-11-23(31)27(28)33)35(30(36)39)17-20-5-4-6-22(26(20)32)29(38)40-2/h4-12,19H,3,13-17H2,1-2H3. The predicted octanol–water partition coefficient (Wildman–Crippen LogP) is 5.67. The Balaban J connectivity index is 1.52. The number of imidazole rings is 1. The Morgan fingerprint density at radius 1 is 1.00 bits per heavy atom.